The van der Waals surface area contributed by atoms with Gasteiger partial charge in [0, 0.05) is 35.0 Å². The Morgan fingerprint density at radius 3 is 2.89 bits per heavy atom. The Hall–Kier alpha value is -4.93. The van der Waals surface area contributed by atoms with E-state index in [4.69, 9.17) is 19.2 Å². The summed E-state index contributed by atoms with van der Waals surface area (Å²) in [5, 5.41) is 13.2. The molecule has 1 atom stereocenters. The van der Waals surface area contributed by atoms with Crippen molar-refractivity contribution < 1.29 is 23.4 Å². The summed E-state index contributed by atoms with van der Waals surface area (Å²) in [4.78, 5) is 22.6. The maximum atomic E-state index is 14.8. The Balaban J connectivity index is 1.41. The molecule has 0 saturated carbocycles. The Morgan fingerprint density at radius 1 is 1.16 bits per heavy atom. The zero-order valence-electron chi connectivity index (χ0n) is 19.8. The lowest BCUT2D eigenvalue weighted by Gasteiger charge is -2.27. The molecule has 0 spiro atoms. The Morgan fingerprint density at radius 2 is 2.03 bits per heavy atom. The first-order chi connectivity index (χ1) is 18.0. The highest BCUT2D eigenvalue weighted by atomic mass is 19.1. The van der Waals surface area contributed by atoms with Crippen molar-refractivity contribution >= 4 is 28.3 Å². The molecule has 6 rings (SSSR count). The highest BCUT2D eigenvalue weighted by Crippen LogP contribution is 2.39. The number of ether oxygens (including phenoxy) is 3. The van der Waals surface area contributed by atoms with Crippen LogP contribution in [0.1, 0.15) is 24.1 Å². The molecule has 0 radical (unpaired) electrons. The number of methoxy groups -OCH3 is 1. The van der Waals surface area contributed by atoms with Gasteiger partial charge in [0.25, 0.3) is 5.91 Å². The van der Waals surface area contributed by atoms with E-state index >= 15 is 0 Å². The van der Waals surface area contributed by atoms with Crippen molar-refractivity contribution in [3.05, 3.63) is 83.1 Å². The van der Waals surface area contributed by atoms with E-state index < -0.39 is 17.8 Å². The summed E-state index contributed by atoms with van der Waals surface area (Å²) >= 11 is 0. The zero-order valence-corrected chi connectivity index (χ0v) is 19.8. The normalized spacial score (nSPS) is 16.4. The summed E-state index contributed by atoms with van der Waals surface area (Å²) in [7, 11) is 1.53. The van der Waals surface area contributed by atoms with Gasteiger partial charge in [-0.2, -0.15) is 5.10 Å². The fourth-order valence-electron chi connectivity index (χ4n) is 4.36. The molecule has 2 aromatic heterocycles. The lowest BCUT2D eigenvalue weighted by Crippen LogP contribution is -2.34. The number of nitrogens with one attached hydrogen (secondary N) is 3. The summed E-state index contributed by atoms with van der Waals surface area (Å²) < 4.78 is 31.0. The molecular weight excluding hydrogens is 479 g/mol. The smallest absolute Gasteiger partial charge is 0.255 e. The third kappa shape index (κ3) is 4.10. The van der Waals surface area contributed by atoms with E-state index in [1.54, 1.807) is 43.6 Å². The van der Waals surface area contributed by atoms with Gasteiger partial charge in [-0.05, 0) is 36.8 Å². The van der Waals surface area contributed by atoms with Gasteiger partial charge in [-0.1, -0.05) is 6.07 Å². The summed E-state index contributed by atoms with van der Waals surface area (Å²) in [5.74, 6) is 1.06. The molecule has 0 aliphatic carbocycles. The SMILES string of the molecule is COc1cc(C2=NC(c3ccc4c(c3)OCO4)C(C(=O)Nc3cc4cn[nH]c4cc3F)=C(C)N2)ccn1. The molecule has 4 aromatic rings. The van der Waals surface area contributed by atoms with Gasteiger partial charge in [0.2, 0.25) is 12.7 Å². The number of halogens is 1. The highest BCUT2D eigenvalue weighted by Gasteiger charge is 2.31. The number of fused-ring (bicyclic) bond motifs is 2. The van der Waals surface area contributed by atoms with Crippen LogP contribution in [0.5, 0.6) is 17.4 Å². The zero-order chi connectivity index (χ0) is 25.5. The summed E-state index contributed by atoms with van der Waals surface area (Å²) in [5.41, 5.74) is 2.90. The molecule has 0 saturated heterocycles. The lowest BCUT2D eigenvalue weighted by molar-refractivity contribution is -0.113. The van der Waals surface area contributed by atoms with Crippen molar-refractivity contribution in [2.24, 2.45) is 4.99 Å². The van der Waals surface area contributed by atoms with Gasteiger partial charge in [0.1, 0.15) is 17.7 Å². The molecule has 1 amide bonds. The van der Waals surface area contributed by atoms with Gasteiger partial charge < -0.3 is 24.8 Å². The second-order valence-corrected chi connectivity index (χ2v) is 8.49. The number of hydrogen-bond donors (Lipinski definition) is 3. The van der Waals surface area contributed by atoms with Gasteiger partial charge in [0.15, 0.2) is 11.5 Å². The minimum Gasteiger partial charge on any atom is -0.481 e. The first-order valence-corrected chi connectivity index (χ1v) is 11.4. The van der Waals surface area contributed by atoms with Crippen molar-refractivity contribution in [3.8, 4) is 17.4 Å². The van der Waals surface area contributed by atoms with Gasteiger partial charge in [-0.3, -0.25) is 14.9 Å². The molecule has 2 aromatic carbocycles. The Labute approximate surface area is 210 Å². The Kier molecular flexibility index (Phi) is 5.44. The number of hydrogen-bond acceptors (Lipinski definition) is 8. The molecule has 4 heterocycles. The minimum absolute atomic E-state index is 0.0392. The number of allylic oxidation sites excluding steroid dienone is 1. The van der Waals surface area contributed by atoms with E-state index in [9.17, 15) is 9.18 Å². The number of rotatable bonds is 5. The first-order valence-electron chi connectivity index (χ1n) is 11.4. The Bertz CT molecular complexity index is 1610. The summed E-state index contributed by atoms with van der Waals surface area (Å²) in [6.07, 6.45) is 3.18. The van der Waals surface area contributed by atoms with Crippen LogP contribution in [0.15, 0.2) is 71.1 Å². The number of carbonyl (C=O) groups excluding carboxylic acids is 1. The van der Waals surface area contributed by atoms with Gasteiger partial charge in [-0.25, -0.2) is 9.37 Å². The number of amidine groups is 1. The highest BCUT2D eigenvalue weighted by molar-refractivity contribution is 6.09. The molecule has 2 aliphatic rings. The number of aromatic nitrogens is 3. The molecule has 11 heteroatoms. The standard InChI is InChI=1S/C26H21FN6O4/c1-13-23(26(34)31-19-7-16-11-29-33-18(16)10-17(19)27)24(14-3-4-20-21(8-14)37-12-36-20)32-25(30-13)15-5-6-28-22(9-15)35-2/h3-11,24H,12H2,1-2H3,(H,29,33)(H,30,32)(H,31,34). The van der Waals surface area contributed by atoms with Crippen molar-refractivity contribution in [3.63, 3.8) is 0 Å². The minimum atomic E-state index is -0.717. The van der Waals surface area contributed by atoms with Crippen LogP contribution in [0.4, 0.5) is 10.1 Å². The predicted molar refractivity (Wildman–Crippen MR) is 133 cm³/mol. The number of benzene rings is 2. The number of aromatic amines is 1. The predicted octanol–water partition coefficient (Wildman–Crippen LogP) is 3.84. The number of amides is 1. The number of aliphatic imine (C=N–C) groups is 1. The number of anilines is 1. The first kappa shape index (κ1) is 22.5. The molecule has 186 valence electrons. The number of carbonyl (C=O) groups is 1. The van der Waals surface area contributed by atoms with Crippen LogP contribution >= 0.6 is 0 Å². The largest absolute Gasteiger partial charge is 0.481 e. The molecule has 3 N–H and O–H groups in total. The van der Waals surface area contributed by atoms with Crippen LogP contribution in [0, 0.1) is 5.82 Å². The second kappa shape index (κ2) is 8.94. The van der Waals surface area contributed by atoms with Crippen LogP contribution in [-0.4, -0.2) is 40.8 Å². The topological polar surface area (TPSA) is 123 Å². The fraction of sp³-hybridized carbons (Fsp3) is 0.154. The monoisotopic (exact) mass is 500 g/mol. The van der Waals surface area contributed by atoms with E-state index in [0.29, 0.717) is 51.0 Å². The molecule has 10 nitrogen and oxygen atoms in total. The molecule has 0 bridgehead atoms. The van der Waals surface area contributed by atoms with Gasteiger partial charge in [-0.15, -0.1) is 0 Å². The molecule has 0 fully saturated rings. The van der Waals surface area contributed by atoms with Crippen LogP contribution in [0.2, 0.25) is 0 Å². The summed E-state index contributed by atoms with van der Waals surface area (Å²) in [6.45, 7) is 1.89. The molecule has 1 unspecified atom stereocenters. The average molecular weight is 500 g/mol. The number of pyridine rings is 1. The third-order valence-electron chi connectivity index (χ3n) is 6.19. The van der Waals surface area contributed by atoms with Crippen LogP contribution in [-0.2, 0) is 4.79 Å². The number of nitrogens with zero attached hydrogens (tertiary/aromatic N) is 3. The second-order valence-electron chi connectivity index (χ2n) is 8.49. The van der Waals surface area contributed by atoms with E-state index in [1.807, 2.05) is 6.07 Å². The summed E-state index contributed by atoms with van der Waals surface area (Å²) in [6, 6.07) is 11.1. The van der Waals surface area contributed by atoms with E-state index in [-0.39, 0.29) is 12.5 Å². The van der Waals surface area contributed by atoms with E-state index in [0.717, 1.165) is 5.56 Å². The fourth-order valence-corrected chi connectivity index (χ4v) is 4.36. The van der Waals surface area contributed by atoms with Crippen LogP contribution in [0.25, 0.3) is 10.9 Å². The van der Waals surface area contributed by atoms with Gasteiger partial charge >= 0.3 is 0 Å². The van der Waals surface area contributed by atoms with Crippen LogP contribution in [0.3, 0.4) is 0 Å². The average Bonchev–Trinajstić information content (AvgIpc) is 3.57. The third-order valence-corrected chi connectivity index (χ3v) is 6.19. The maximum Gasteiger partial charge on any atom is 0.255 e. The lowest BCUT2D eigenvalue weighted by atomic mass is 9.94. The maximum absolute atomic E-state index is 14.8. The molecule has 2 aliphatic heterocycles. The van der Waals surface area contributed by atoms with Crippen molar-refractivity contribution in [1.29, 1.82) is 0 Å². The quantitative estimate of drug-likeness (QED) is 0.381. The van der Waals surface area contributed by atoms with Crippen molar-refractivity contribution in [2.45, 2.75) is 13.0 Å². The van der Waals surface area contributed by atoms with Gasteiger partial charge in [0.05, 0.1) is 30.1 Å². The van der Waals surface area contributed by atoms with E-state index in [1.165, 1.54) is 19.2 Å². The van der Waals surface area contributed by atoms with Crippen LogP contribution < -0.4 is 24.8 Å². The van der Waals surface area contributed by atoms with Crippen molar-refractivity contribution in [1.82, 2.24) is 20.5 Å². The molecular formula is C26H21FN6O4. The van der Waals surface area contributed by atoms with E-state index in [2.05, 4.69) is 25.8 Å². The van der Waals surface area contributed by atoms with Crippen molar-refractivity contribution in [2.75, 3.05) is 19.2 Å². The number of H-pyrrole nitrogens is 1. The molecule has 37 heavy (non-hydrogen) atoms.